The first-order valence-corrected chi connectivity index (χ1v) is 4.19. The second-order valence-corrected chi connectivity index (χ2v) is 3.41. The number of hydrogen-bond acceptors (Lipinski definition) is 2. The van der Waals surface area contributed by atoms with Gasteiger partial charge in [-0.2, -0.15) is 0 Å². The van der Waals surface area contributed by atoms with Gasteiger partial charge >= 0.3 is 0 Å². The van der Waals surface area contributed by atoms with Gasteiger partial charge in [0.05, 0.1) is 6.10 Å². The molecule has 0 bridgehead atoms. The molecule has 1 N–H and O–H groups in total. The maximum absolute atomic E-state index is 11.0. The summed E-state index contributed by atoms with van der Waals surface area (Å²) < 4.78 is 0. The Kier molecular flexibility index (Phi) is 2.87. The van der Waals surface area contributed by atoms with Crippen molar-refractivity contribution in [2.24, 2.45) is 5.92 Å². The molecule has 0 saturated heterocycles. The van der Waals surface area contributed by atoms with Crippen molar-refractivity contribution in [2.45, 2.75) is 18.9 Å². The molecule has 1 aliphatic carbocycles. The quantitative estimate of drug-likeness (QED) is 0.621. The van der Waals surface area contributed by atoms with Crippen LogP contribution in [0.15, 0.2) is 12.7 Å². The summed E-state index contributed by atoms with van der Waals surface area (Å²) in [6, 6.07) is 0. The summed E-state index contributed by atoms with van der Waals surface area (Å²) in [5, 5.41) is 9.00. The van der Waals surface area contributed by atoms with Gasteiger partial charge in [0.25, 0.3) is 0 Å². The van der Waals surface area contributed by atoms with Gasteiger partial charge in [0.1, 0.15) is 0 Å². The summed E-state index contributed by atoms with van der Waals surface area (Å²) in [6.45, 7) is 4.15. The van der Waals surface area contributed by atoms with Crippen molar-refractivity contribution < 1.29 is 9.90 Å². The second kappa shape index (κ2) is 3.72. The zero-order chi connectivity index (χ0) is 9.14. The number of likely N-dealkylation sites (N-methyl/N-ethyl adjacent to an activating group) is 1. The van der Waals surface area contributed by atoms with Crippen LogP contribution in [-0.4, -0.2) is 35.6 Å². The first-order valence-electron chi connectivity index (χ1n) is 4.19. The fourth-order valence-corrected chi connectivity index (χ4v) is 1.48. The lowest BCUT2D eigenvalue weighted by Gasteiger charge is -2.34. The average molecular weight is 169 g/mol. The lowest BCUT2D eigenvalue weighted by atomic mass is 9.82. The Bertz CT molecular complexity index is 185. The van der Waals surface area contributed by atoms with E-state index in [1.54, 1.807) is 11.9 Å². The molecule has 3 nitrogen and oxygen atoms in total. The second-order valence-electron chi connectivity index (χ2n) is 3.41. The van der Waals surface area contributed by atoms with Gasteiger partial charge in [0.15, 0.2) is 0 Å². The highest BCUT2D eigenvalue weighted by molar-refractivity contribution is 5.86. The number of carbonyl (C=O) groups excluding carboxylic acids is 1. The van der Waals surface area contributed by atoms with Crippen LogP contribution in [0.5, 0.6) is 0 Å². The van der Waals surface area contributed by atoms with Crippen LogP contribution in [0.2, 0.25) is 0 Å². The molecular formula is C9H15NO2. The highest BCUT2D eigenvalue weighted by Gasteiger charge is 2.28. The van der Waals surface area contributed by atoms with Crippen LogP contribution in [0.3, 0.4) is 0 Å². The van der Waals surface area contributed by atoms with Crippen LogP contribution >= 0.6 is 0 Å². The number of nitrogens with zero attached hydrogens (tertiary/aromatic N) is 1. The number of aliphatic hydroxyl groups is 1. The van der Waals surface area contributed by atoms with Gasteiger partial charge in [-0.1, -0.05) is 6.58 Å². The molecule has 68 valence electrons. The van der Waals surface area contributed by atoms with Crippen LogP contribution in [-0.2, 0) is 4.79 Å². The molecular weight excluding hydrogens is 154 g/mol. The summed E-state index contributed by atoms with van der Waals surface area (Å²) >= 11 is 0. The normalized spacial score (nSPS) is 27.5. The van der Waals surface area contributed by atoms with Gasteiger partial charge in [-0.05, 0) is 24.8 Å². The number of aliphatic hydroxyl groups excluding tert-OH is 1. The lowest BCUT2D eigenvalue weighted by Crippen LogP contribution is -2.38. The van der Waals surface area contributed by atoms with E-state index in [9.17, 15) is 4.79 Å². The number of carbonyl (C=O) groups is 1. The number of amides is 1. The minimum atomic E-state index is -0.137. The highest BCUT2D eigenvalue weighted by Crippen LogP contribution is 2.27. The molecule has 1 saturated carbocycles. The summed E-state index contributed by atoms with van der Waals surface area (Å²) in [5.74, 6) is 0.435. The third kappa shape index (κ3) is 2.08. The van der Waals surface area contributed by atoms with E-state index in [0.29, 0.717) is 5.92 Å². The van der Waals surface area contributed by atoms with Crippen molar-refractivity contribution in [3.05, 3.63) is 12.7 Å². The van der Waals surface area contributed by atoms with E-state index in [1.165, 1.54) is 6.08 Å². The molecule has 0 radical (unpaired) electrons. The van der Waals surface area contributed by atoms with Crippen LogP contribution in [0, 0.1) is 5.92 Å². The van der Waals surface area contributed by atoms with E-state index in [4.69, 9.17) is 5.11 Å². The monoisotopic (exact) mass is 169 g/mol. The molecule has 12 heavy (non-hydrogen) atoms. The Morgan fingerprint density at radius 2 is 2.33 bits per heavy atom. The van der Waals surface area contributed by atoms with E-state index in [1.807, 2.05) is 0 Å². The van der Waals surface area contributed by atoms with E-state index >= 15 is 0 Å². The minimum absolute atomic E-state index is 0.0450. The van der Waals surface area contributed by atoms with Gasteiger partial charge in [0, 0.05) is 13.6 Å². The predicted octanol–water partition coefficient (Wildman–Crippen LogP) is 0.402. The van der Waals surface area contributed by atoms with E-state index < -0.39 is 0 Å². The first-order chi connectivity index (χ1) is 5.63. The van der Waals surface area contributed by atoms with E-state index in [0.717, 1.165) is 19.4 Å². The van der Waals surface area contributed by atoms with Gasteiger partial charge in [-0.3, -0.25) is 4.79 Å². The zero-order valence-corrected chi connectivity index (χ0v) is 7.36. The average Bonchev–Trinajstić information content (AvgIpc) is 2.00. The SMILES string of the molecule is C=CC(=O)N(C)CC1CC(O)C1. The van der Waals surface area contributed by atoms with Crippen LogP contribution < -0.4 is 0 Å². The molecule has 1 amide bonds. The zero-order valence-electron chi connectivity index (χ0n) is 7.36. The maximum atomic E-state index is 11.0. The van der Waals surface area contributed by atoms with Crippen LogP contribution in [0.1, 0.15) is 12.8 Å². The van der Waals surface area contributed by atoms with Crippen LogP contribution in [0.4, 0.5) is 0 Å². The van der Waals surface area contributed by atoms with Gasteiger partial charge in [-0.15, -0.1) is 0 Å². The highest BCUT2D eigenvalue weighted by atomic mass is 16.3. The Morgan fingerprint density at radius 3 is 2.75 bits per heavy atom. The number of hydrogen-bond donors (Lipinski definition) is 1. The Hall–Kier alpha value is -0.830. The van der Waals surface area contributed by atoms with Crippen molar-refractivity contribution in [3.8, 4) is 0 Å². The first kappa shape index (κ1) is 9.26. The Balaban J connectivity index is 2.22. The van der Waals surface area contributed by atoms with Gasteiger partial charge in [0.2, 0.25) is 5.91 Å². The lowest BCUT2D eigenvalue weighted by molar-refractivity contribution is -0.126. The number of rotatable bonds is 3. The minimum Gasteiger partial charge on any atom is -0.393 e. The van der Waals surface area contributed by atoms with Crippen molar-refractivity contribution in [3.63, 3.8) is 0 Å². The summed E-state index contributed by atoms with van der Waals surface area (Å²) in [7, 11) is 1.76. The molecule has 1 aliphatic rings. The third-order valence-electron chi connectivity index (χ3n) is 2.29. The van der Waals surface area contributed by atoms with E-state index in [-0.39, 0.29) is 12.0 Å². The molecule has 0 aliphatic heterocycles. The molecule has 0 aromatic heterocycles. The summed E-state index contributed by atoms with van der Waals surface area (Å²) in [4.78, 5) is 12.7. The molecule has 0 aromatic carbocycles. The largest absolute Gasteiger partial charge is 0.393 e. The molecule has 1 fully saturated rings. The van der Waals surface area contributed by atoms with Gasteiger partial charge in [-0.25, -0.2) is 0 Å². The van der Waals surface area contributed by atoms with Crippen LogP contribution in [0.25, 0.3) is 0 Å². The standard InChI is InChI=1S/C9H15NO2/c1-3-9(12)10(2)6-7-4-8(11)5-7/h3,7-8,11H,1,4-6H2,2H3. The fourth-order valence-electron chi connectivity index (χ4n) is 1.48. The molecule has 0 heterocycles. The van der Waals surface area contributed by atoms with Crippen molar-refractivity contribution in [1.29, 1.82) is 0 Å². The molecule has 0 atom stereocenters. The molecule has 1 rings (SSSR count). The van der Waals surface area contributed by atoms with Gasteiger partial charge < -0.3 is 10.0 Å². The molecule has 0 unspecified atom stereocenters. The maximum Gasteiger partial charge on any atom is 0.245 e. The summed E-state index contributed by atoms with van der Waals surface area (Å²) in [5.41, 5.74) is 0. The molecule has 0 aromatic rings. The Morgan fingerprint density at radius 1 is 1.75 bits per heavy atom. The van der Waals surface area contributed by atoms with Crippen molar-refractivity contribution in [1.82, 2.24) is 4.90 Å². The smallest absolute Gasteiger partial charge is 0.245 e. The fraction of sp³-hybridized carbons (Fsp3) is 0.667. The Labute approximate surface area is 72.7 Å². The van der Waals surface area contributed by atoms with Crippen molar-refractivity contribution >= 4 is 5.91 Å². The third-order valence-corrected chi connectivity index (χ3v) is 2.29. The van der Waals surface area contributed by atoms with E-state index in [2.05, 4.69) is 6.58 Å². The molecule has 0 spiro atoms. The summed E-state index contributed by atoms with van der Waals surface area (Å²) in [6.07, 6.45) is 2.83. The predicted molar refractivity (Wildman–Crippen MR) is 46.6 cm³/mol. The molecule has 3 heteroatoms. The van der Waals surface area contributed by atoms with Crippen molar-refractivity contribution in [2.75, 3.05) is 13.6 Å². The topological polar surface area (TPSA) is 40.5 Å².